The quantitative estimate of drug-likeness (QED) is 0.659. The van der Waals surface area contributed by atoms with Gasteiger partial charge in [0, 0.05) is 0 Å². The van der Waals surface area contributed by atoms with Gasteiger partial charge in [-0.3, -0.25) is 0 Å². The molecule has 0 heterocycles. The SMILES string of the molecule is CC1CCCC2(C)C1CCC(C)(C)C2(C)O. The van der Waals surface area contributed by atoms with E-state index in [2.05, 4.69) is 34.6 Å². The van der Waals surface area contributed by atoms with Gasteiger partial charge in [0.2, 0.25) is 0 Å². The first-order chi connectivity index (χ1) is 7.22. The minimum Gasteiger partial charge on any atom is -0.389 e. The molecule has 0 aliphatic heterocycles. The molecule has 0 aromatic carbocycles. The zero-order valence-electron chi connectivity index (χ0n) is 11.6. The minimum atomic E-state index is -0.516. The molecule has 1 N–H and O–H groups in total. The summed E-state index contributed by atoms with van der Waals surface area (Å²) in [7, 11) is 0. The van der Waals surface area contributed by atoms with Crippen LogP contribution >= 0.6 is 0 Å². The normalized spacial score (nSPS) is 52.1. The van der Waals surface area contributed by atoms with Crippen LogP contribution in [0.25, 0.3) is 0 Å². The van der Waals surface area contributed by atoms with Crippen LogP contribution in [0.4, 0.5) is 0 Å². The second-order valence-corrected chi connectivity index (χ2v) is 7.39. The smallest absolute Gasteiger partial charge is 0.0726 e. The second kappa shape index (κ2) is 3.48. The van der Waals surface area contributed by atoms with Crippen LogP contribution in [0.15, 0.2) is 0 Å². The van der Waals surface area contributed by atoms with Gasteiger partial charge in [-0.05, 0) is 48.9 Å². The van der Waals surface area contributed by atoms with Crippen LogP contribution in [0.3, 0.4) is 0 Å². The fourth-order valence-electron chi connectivity index (χ4n) is 4.55. The zero-order valence-corrected chi connectivity index (χ0v) is 11.6. The first-order valence-corrected chi connectivity index (χ1v) is 6.95. The summed E-state index contributed by atoms with van der Waals surface area (Å²) in [6.07, 6.45) is 6.33. The van der Waals surface area contributed by atoms with E-state index >= 15 is 0 Å². The second-order valence-electron chi connectivity index (χ2n) is 7.39. The lowest BCUT2D eigenvalue weighted by Crippen LogP contribution is -2.62. The van der Waals surface area contributed by atoms with E-state index in [1.54, 1.807) is 0 Å². The summed E-state index contributed by atoms with van der Waals surface area (Å²) in [5.41, 5.74) is -0.320. The average molecular weight is 224 g/mol. The van der Waals surface area contributed by atoms with Crippen LogP contribution in [0.5, 0.6) is 0 Å². The van der Waals surface area contributed by atoms with Crippen molar-refractivity contribution < 1.29 is 5.11 Å². The van der Waals surface area contributed by atoms with Crippen molar-refractivity contribution in [2.45, 2.75) is 72.3 Å². The van der Waals surface area contributed by atoms with Crippen molar-refractivity contribution in [3.05, 3.63) is 0 Å². The van der Waals surface area contributed by atoms with E-state index in [0.717, 1.165) is 11.8 Å². The van der Waals surface area contributed by atoms with Crippen LogP contribution in [0.1, 0.15) is 66.7 Å². The monoisotopic (exact) mass is 224 g/mol. The Morgan fingerprint density at radius 2 is 1.62 bits per heavy atom. The zero-order chi connectivity index (χ0) is 12.2. The highest BCUT2D eigenvalue weighted by atomic mass is 16.3. The van der Waals surface area contributed by atoms with Gasteiger partial charge in [-0.15, -0.1) is 0 Å². The Morgan fingerprint density at radius 1 is 1.00 bits per heavy atom. The number of hydrogen-bond donors (Lipinski definition) is 1. The predicted molar refractivity (Wildman–Crippen MR) is 68.3 cm³/mol. The van der Waals surface area contributed by atoms with E-state index in [1.165, 1.54) is 32.1 Å². The van der Waals surface area contributed by atoms with Crippen molar-refractivity contribution in [3.63, 3.8) is 0 Å². The first kappa shape index (κ1) is 12.4. The number of fused-ring (bicyclic) bond motifs is 1. The van der Waals surface area contributed by atoms with Gasteiger partial charge in [0.15, 0.2) is 0 Å². The standard InChI is InChI=1S/C15H28O/c1-11-7-6-9-14(4)12(11)8-10-13(2,3)15(14,5)16/h11-12,16H,6-10H2,1-5H3. The number of hydrogen-bond acceptors (Lipinski definition) is 1. The van der Waals surface area contributed by atoms with Gasteiger partial charge in [-0.1, -0.05) is 40.5 Å². The van der Waals surface area contributed by atoms with E-state index in [9.17, 15) is 5.11 Å². The molecule has 1 nitrogen and oxygen atoms in total. The molecule has 4 atom stereocenters. The summed E-state index contributed by atoms with van der Waals surface area (Å²) in [5.74, 6) is 1.52. The van der Waals surface area contributed by atoms with Crippen molar-refractivity contribution in [2.75, 3.05) is 0 Å². The molecule has 0 amide bonds. The highest BCUT2D eigenvalue weighted by Gasteiger charge is 2.60. The summed E-state index contributed by atoms with van der Waals surface area (Å²) < 4.78 is 0. The maximum absolute atomic E-state index is 11.1. The first-order valence-electron chi connectivity index (χ1n) is 6.95. The van der Waals surface area contributed by atoms with Crippen molar-refractivity contribution in [1.82, 2.24) is 0 Å². The third-order valence-corrected chi connectivity index (χ3v) is 6.37. The van der Waals surface area contributed by atoms with Crippen molar-refractivity contribution >= 4 is 0 Å². The third kappa shape index (κ3) is 1.40. The van der Waals surface area contributed by atoms with Crippen molar-refractivity contribution in [1.29, 1.82) is 0 Å². The highest BCUT2D eigenvalue weighted by molar-refractivity contribution is 5.10. The Hall–Kier alpha value is -0.0400. The van der Waals surface area contributed by atoms with Crippen LogP contribution in [-0.2, 0) is 0 Å². The van der Waals surface area contributed by atoms with E-state index < -0.39 is 5.60 Å². The molecule has 0 bridgehead atoms. The molecule has 2 saturated carbocycles. The fourth-order valence-corrected chi connectivity index (χ4v) is 4.55. The molecule has 4 unspecified atom stereocenters. The molecule has 2 aliphatic carbocycles. The lowest BCUT2D eigenvalue weighted by Gasteiger charge is -2.62. The summed E-state index contributed by atoms with van der Waals surface area (Å²) in [5, 5.41) is 11.1. The molecule has 94 valence electrons. The fraction of sp³-hybridized carbons (Fsp3) is 1.00. The molecule has 0 aromatic heterocycles. The van der Waals surface area contributed by atoms with Crippen molar-refractivity contribution in [3.8, 4) is 0 Å². The molecule has 2 aliphatic rings. The molecular weight excluding hydrogens is 196 g/mol. The highest BCUT2D eigenvalue weighted by Crippen LogP contribution is 2.62. The van der Waals surface area contributed by atoms with Gasteiger partial charge in [-0.2, -0.15) is 0 Å². The average Bonchev–Trinajstić information content (AvgIpc) is 2.14. The van der Waals surface area contributed by atoms with Crippen LogP contribution in [0.2, 0.25) is 0 Å². The molecule has 0 aromatic rings. The van der Waals surface area contributed by atoms with Gasteiger partial charge < -0.3 is 5.11 Å². The Balaban J connectivity index is 2.39. The summed E-state index contributed by atoms with van der Waals surface area (Å²) >= 11 is 0. The molecule has 0 radical (unpaired) electrons. The van der Waals surface area contributed by atoms with Gasteiger partial charge in [-0.25, -0.2) is 0 Å². The number of rotatable bonds is 0. The van der Waals surface area contributed by atoms with Crippen molar-refractivity contribution in [2.24, 2.45) is 22.7 Å². The molecule has 0 spiro atoms. The maximum Gasteiger partial charge on any atom is 0.0726 e. The van der Waals surface area contributed by atoms with Gasteiger partial charge >= 0.3 is 0 Å². The molecular formula is C15H28O. The number of aliphatic hydroxyl groups is 1. The third-order valence-electron chi connectivity index (χ3n) is 6.37. The summed E-state index contributed by atoms with van der Waals surface area (Å²) in [6.45, 7) is 11.3. The lowest BCUT2D eigenvalue weighted by molar-refractivity contribution is -0.217. The maximum atomic E-state index is 11.1. The Kier molecular flexibility index (Phi) is 2.70. The van der Waals surface area contributed by atoms with Gasteiger partial charge in [0.25, 0.3) is 0 Å². The van der Waals surface area contributed by atoms with E-state index in [4.69, 9.17) is 0 Å². The van der Waals surface area contributed by atoms with Crippen LogP contribution < -0.4 is 0 Å². The minimum absolute atomic E-state index is 0.0648. The summed E-state index contributed by atoms with van der Waals surface area (Å²) in [4.78, 5) is 0. The molecule has 2 rings (SSSR count). The Morgan fingerprint density at radius 3 is 2.25 bits per heavy atom. The van der Waals surface area contributed by atoms with Crippen LogP contribution in [-0.4, -0.2) is 10.7 Å². The molecule has 16 heavy (non-hydrogen) atoms. The molecule has 2 fully saturated rings. The predicted octanol–water partition coefficient (Wildman–Crippen LogP) is 4.00. The van der Waals surface area contributed by atoms with E-state index in [-0.39, 0.29) is 10.8 Å². The van der Waals surface area contributed by atoms with Gasteiger partial charge in [0.05, 0.1) is 5.60 Å². The van der Waals surface area contributed by atoms with Gasteiger partial charge in [0.1, 0.15) is 0 Å². The van der Waals surface area contributed by atoms with E-state index in [1.807, 2.05) is 0 Å². The Labute approximate surface area is 101 Å². The summed E-state index contributed by atoms with van der Waals surface area (Å²) in [6, 6.07) is 0. The Bertz CT molecular complexity index is 279. The largest absolute Gasteiger partial charge is 0.389 e. The molecule has 0 saturated heterocycles. The van der Waals surface area contributed by atoms with Crippen LogP contribution in [0, 0.1) is 22.7 Å². The molecule has 1 heteroatoms. The lowest BCUT2D eigenvalue weighted by atomic mass is 9.45. The topological polar surface area (TPSA) is 20.2 Å². The van der Waals surface area contributed by atoms with E-state index in [0.29, 0.717) is 0 Å².